The zero-order chi connectivity index (χ0) is 34.2. The highest BCUT2D eigenvalue weighted by atomic mass is 16.5. The lowest BCUT2D eigenvalue weighted by Gasteiger charge is -2.21. The third-order valence-electron chi connectivity index (χ3n) is 9.66. The Kier molecular flexibility index (Phi) is 29.6. The van der Waals surface area contributed by atoms with E-state index in [0.29, 0.717) is 18.8 Å². The minimum atomic E-state index is -0.0692. The van der Waals surface area contributed by atoms with E-state index in [4.69, 9.17) is 9.47 Å². The fourth-order valence-electron chi connectivity index (χ4n) is 6.47. The van der Waals surface area contributed by atoms with Crippen LogP contribution in [0, 0.1) is 5.92 Å². The molecule has 0 aromatic carbocycles. The highest BCUT2D eigenvalue weighted by molar-refractivity contribution is 5.71. The number of rotatable bonds is 36. The van der Waals surface area contributed by atoms with Gasteiger partial charge in [-0.15, -0.1) is 0 Å². The van der Waals surface area contributed by atoms with Crippen LogP contribution in [-0.4, -0.2) is 54.3 Å². The minimum Gasteiger partial charge on any atom is -0.462 e. The van der Waals surface area contributed by atoms with Gasteiger partial charge >= 0.3 is 11.9 Å². The van der Waals surface area contributed by atoms with Crippen LogP contribution in [0.25, 0.3) is 0 Å². The van der Waals surface area contributed by atoms with E-state index in [9.17, 15) is 14.7 Å². The van der Waals surface area contributed by atoms with Crippen LogP contribution in [0.3, 0.4) is 0 Å². The molecule has 0 amide bonds. The van der Waals surface area contributed by atoms with Gasteiger partial charge < -0.3 is 19.5 Å². The highest BCUT2D eigenvalue weighted by Gasteiger charge is 2.28. The number of carbonyl (C=O) groups is 2. The summed E-state index contributed by atoms with van der Waals surface area (Å²) in [6, 6.07) is 0. The van der Waals surface area contributed by atoms with Gasteiger partial charge in [0.2, 0.25) is 0 Å². The summed E-state index contributed by atoms with van der Waals surface area (Å²) in [5.41, 5.74) is 0. The standard InChI is InChI=1S/C41H77NO5/c1-4-7-10-12-16-22-29-38(28-21-15-11-8-5-2)46-40(44)30-23-17-13-19-25-32-42(34-35-43)33-26-20-14-18-24-31-41(45)47-39-36-37(39)27-9-6-3/h36-38,43H,4-35H2,1-3H3. The molecule has 47 heavy (non-hydrogen) atoms. The summed E-state index contributed by atoms with van der Waals surface area (Å²) in [7, 11) is 0. The maximum atomic E-state index is 12.6. The topological polar surface area (TPSA) is 76.1 Å². The van der Waals surface area contributed by atoms with E-state index in [-0.39, 0.29) is 24.6 Å². The van der Waals surface area contributed by atoms with Gasteiger partial charge in [-0.1, -0.05) is 130 Å². The number of aliphatic hydroxyl groups is 1. The maximum Gasteiger partial charge on any atom is 0.310 e. The Labute approximate surface area is 291 Å². The average Bonchev–Trinajstić information content (AvgIpc) is 3.80. The molecule has 0 saturated heterocycles. The predicted octanol–water partition coefficient (Wildman–Crippen LogP) is 11.2. The molecule has 0 spiro atoms. The Morgan fingerprint density at radius 3 is 1.62 bits per heavy atom. The SMILES string of the molecule is CCCCCCCCC(CCCCCCC)OC(=O)CCCCCCCN(CCO)CCCCCCCC(=O)OC1=CC1CCCC. The van der Waals surface area contributed by atoms with Crippen molar-refractivity contribution in [1.29, 1.82) is 0 Å². The molecule has 0 heterocycles. The maximum absolute atomic E-state index is 12.6. The van der Waals surface area contributed by atoms with Gasteiger partial charge in [-0.3, -0.25) is 9.59 Å². The summed E-state index contributed by atoms with van der Waals surface area (Å²) in [5.74, 6) is 1.26. The van der Waals surface area contributed by atoms with Gasteiger partial charge in [-0.05, 0) is 77.0 Å². The normalized spacial score (nSPS) is 14.7. The molecule has 6 heteroatoms. The third kappa shape index (κ3) is 27.1. The molecule has 0 aliphatic heterocycles. The molecule has 1 aliphatic carbocycles. The zero-order valence-electron chi connectivity index (χ0n) is 31.4. The van der Waals surface area contributed by atoms with Crippen molar-refractivity contribution in [2.75, 3.05) is 26.2 Å². The van der Waals surface area contributed by atoms with Crippen LogP contribution >= 0.6 is 0 Å². The first kappa shape index (κ1) is 43.6. The number of unbranched alkanes of at least 4 members (excludes halogenated alkanes) is 18. The quantitative estimate of drug-likeness (QED) is 0.0531. The Morgan fingerprint density at radius 2 is 1.09 bits per heavy atom. The van der Waals surface area contributed by atoms with Gasteiger partial charge in [-0.25, -0.2) is 0 Å². The lowest BCUT2D eigenvalue weighted by Crippen LogP contribution is -2.29. The van der Waals surface area contributed by atoms with E-state index in [1.807, 2.05) is 0 Å². The molecule has 0 radical (unpaired) electrons. The van der Waals surface area contributed by atoms with Gasteiger partial charge in [0.15, 0.2) is 0 Å². The number of hydrogen-bond acceptors (Lipinski definition) is 6. The van der Waals surface area contributed by atoms with Crippen molar-refractivity contribution in [2.45, 2.75) is 207 Å². The van der Waals surface area contributed by atoms with Crippen molar-refractivity contribution in [2.24, 2.45) is 5.92 Å². The molecule has 2 atom stereocenters. The second kappa shape index (κ2) is 31.8. The second-order valence-corrected chi connectivity index (χ2v) is 14.3. The first-order valence-electron chi connectivity index (χ1n) is 20.5. The van der Waals surface area contributed by atoms with E-state index < -0.39 is 0 Å². The number of nitrogens with zero attached hydrogens (tertiary/aromatic N) is 1. The van der Waals surface area contributed by atoms with Crippen LogP contribution in [0.5, 0.6) is 0 Å². The Morgan fingerprint density at radius 1 is 0.617 bits per heavy atom. The number of allylic oxidation sites excluding steroid dienone is 2. The molecule has 6 nitrogen and oxygen atoms in total. The fourth-order valence-corrected chi connectivity index (χ4v) is 6.47. The molecule has 0 aromatic heterocycles. The summed E-state index contributed by atoms with van der Waals surface area (Å²) >= 11 is 0. The summed E-state index contributed by atoms with van der Waals surface area (Å²) in [6.07, 6.45) is 33.7. The van der Waals surface area contributed by atoms with Gasteiger partial charge in [0.1, 0.15) is 11.9 Å². The molecule has 0 bridgehead atoms. The molecule has 276 valence electrons. The molecular formula is C41H77NO5. The monoisotopic (exact) mass is 664 g/mol. The van der Waals surface area contributed by atoms with Crippen LogP contribution in [0.1, 0.15) is 201 Å². The van der Waals surface area contributed by atoms with Crippen LogP contribution < -0.4 is 0 Å². The second-order valence-electron chi connectivity index (χ2n) is 14.3. The van der Waals surface area contributed by atoms with Crippen molar-refractivity contribution in [3.05, 3.63) is 11.8 Å². The third-order valence-corrected chi connectivity index (χ3v) is 9.66. The van der Waals surface area contributed by atoms with Gasteiger partial charge in [-0.2, -0.15) is 0 Å². The summed E-state index contributed by atoms with van der Waals surface area (Å²) in [6.45, 7) is 9.70. The highest BCUT2D eigenvalue weighted by Crippen LogP contribution is 2.34. The number of hydrogen-bond donors (Lipinski definition) is 1. The number of carbonyl (C=O) groups excluding carboxylic acids is 2. The van der Waals surface area contributed by atoms with Gasteiger partial charge in [0, 0.05) is 25.3 Å². The Bertz CT molecular complexity index is 769. The van der Waals surface area contributed by atoms with E-state index in [2.05, 4.69) is 31.7 Å². The molecule has 0 fully saturated rings. The molecule has 1 aliphatic rings. The first-order valence-corrected chi connectivity index (χ1v) is 20.5. The van der Waals surface area contributed by atoms with Crippen molar-refractivity contribution in [3.63, 3.8) is 0 Å². The lowest BCUT2D eigenvalue weighted by atomic mass is 10.0. The van der Waals surface area contributed by atoms with E-state index in [1.165, 1.54) is 89.9 Å². The summed E-state index contributed by atoms with van der Waals surface area (Å²) in [5, 5.41) is 9.51. The molecular weight excluding hydrogens is 586 g/mol. The van der Waals surface area contributed by atoms with Crippen LogP contribution in [0.4, 0.5) is 0 Å². The average molecular weight is 664 g/mol. The van der Waals surface area contributed by atoms with Crippen LogP contribution in [0.15, 0.2) is 11.8 Å². The van der Waals surface area contributed by atoms with E-state index in [0.717, 1.165) is 102 Å². The summed E-state index contributed by atoms with van der Waals surface area (Å²) < 4.78 is 11.5. The predicted molar refractivity (Wildman–Crippen MR) is 197 cm³/mol. The molecule has 2 unspecified atom stereocenters. The Balaban J connectivity index is 2.08. The minimum absolute atomic E-state index is 0.00968. The van der Waals surface area contributed by atoms with Crippen LogP contribution in [0.2, 0.25) is 0 Å². The van der Waals surface area contributed by atoms with Crippen molar-refractivity contribution in [3.8, 4) is 0 Å². The summed E-state index contributed by atoms with van der Waals surface area (Å²) in [4.78, 5) is 27.0. The fraction of sp³-hybridized carbons (Fsp3) is 0.902. The zero-order valence-corrected chi connectivity index (χ0v) is 31.4. The smallest absolute Gasteiger partial charge is 0.310 e. The van der Waals surface area contributed by atoms with E-state index >= 15 is 0 Å². The molecule has 0 saturated carbocycles. The molecule has 1 N–H and O–H groups in total. The first-order chi connectivity index (χ1) is 23.0. The number of ether oxygens (including phenoxy) is 2. The van der Waals surface area contributed by atoms with E-state index in [1.54, 1.807) is 0 Å². The largest absolute Gasteiger partial charge is 0.462 e. The van der Waals surface area contributed by atoms with Gasteiger partial charge in [0.05, 0.1) is 6.61 Å². The molecule has 1 rings (SSSR count). The molecule has 0 aromatic rings. The Hall–Kier alpha value is -1.40. The lowest BCUT2D eigenvalue weighted by molar-refractivity contribution is -0.150. The van der Waals surface area contributed by atoms with Crippen molar-refractivity contribution in [1.82, 2.24) is 4.90 Å². The van der Waals surface area contributed by atoms with Crippen molar-refractivity contribution >= 4 is 11.9 Å². The van der Waals surface area contributed by atoms with Crippen LogP contribution in [-0.2, 0) is 19.1 Å². The van der Waals surface area contributed by atoms with Gasteiger partial charge in [0.25, 0.3) is 0 Å². The number of aliphatic hydroxyl groups excluding tert-OH is 1. The number of esters is 2. The van der Waals surface area contributed by atoms with Crippen molar-refractivity contribution < 1.29 is 24.2 Å².